The quantitative estimate of drug-likeness (QED) is 0.618. The van der Waals surface area contributed by atoms with Crippen molar-refractivity contribution in [1.29, 1.82) is 0 Å². The summed E-state index contributed by atoms with van der Waals surface area (Å²) in [5, 5.41) is 0. The average molecular weight is 349 g/mol. The first-order valence-electron chi connectivity index (χ1n) is 3.97. The fraction of sp³-hybridized carbons (Fsp3) is 0.111. The molecule has 1 aliphatic rings. The zero-order valence-corrected chi connectivity index (χ0v) is 12.7. The van der Waals surface area contributed by atoms with E-state index in [1.165, 1.54) is 11.1 Å². The van der Waals surface area contributed by atoms with E-state index in [0.717, 1.165) is 6.42 Å². The van der Waals surface area contributed by atoms with E-state index in [1.54, 1.807) is 0 Å². The van der Waals surface area contributed by atoms with Crippen molar-refractivity contribution in [2.45, 2.75) is 6.42 Å². The van der Waals surface area contributed by atoms with E-state index >= 15 is 0 Å². The molecule has 0 atom stereocenters. The molecule has 1 aromatic carbocycles. The normalized spacial score (nSPS) is 13.1. The molecule has 0 saturated heterocycles. The molecule has 76 valence electrons. The third-order valence-electron chi connectivity index (χ3n) is 1.69. The molecule has 14 heavy (non-hydrogen) atoms. The molecule has 1 aromatic rings. The van der Waals surface area contributed by atoms with Crippen LogP contribution in [-0.2, 0) is 21.9 Å². The minimum absolute atomic E-state index is 1.12. The van der Waals surface area contributed by atoms with Gasteiger partial charge >= 0.3 is 49.5 Å². The van der Waals surface area contributed by atoms with Gasteiger partial charge < -0.3 is 0 Å². The Hall–Kier alpha value is 1.00. The van der Waals surface area contributed by atoms with E-state index < -0.39 is 15.5 Å². The second-order valence-corrected chi connectivity index (χ2v) is 25.1. The Morgan fingerprint density at radius 3 is 2.14 bits per heavy atom. The van der Waals surface area contributed by atoms with E-state index in [0.29, 0.717) is 0 Å². The third-order valence-corrected chi connectivity index (χ3v) is 1.69. The molecule has 0 unspecified atom stereocenters. The predicted molar refractivity (Wildman–Crippen MR) is 62.6 cm³/mol. The van der Waals surface area contributed by atoms with Crippen LogP contribution in [0, 0.1) is 0 Å². The first kappa shape index (κ1) is 13.1. The topological polar surface area (TPSA) is 0 Å². The van der Waals surface area contributed by atoms with Gasteiger partial charge in [-0.2, -0.15) is 0 Å². The molecule has 0 aromatic heterocycles. The van der Waals surface area contributed by atoms with Gasteiger partial charge in [-0.25, -0.2) is 0 Å². The van der Waals surface area contributed by atoms with Gasteiger partial charge in [-0.15, -0.1) is 0 Å². The monoisotopic (exact) mass is 346 g/mol. The Morgan fingerprint density at radius 1 is 1.00 bits per heavy atom. The van der Waals surface area contributed by atoms with E-state index in [-0.39, 0.29) is 0 Å². The first-order chi connectivity index (χ1) is 6.47. The number of rotatable bonds is 0. The van der Waals surface area contributed by atoms with Crippen LogP contribution in [0.4, 0.5) is 0 Å². The standard InChI is InChI=1S/C9H8.4ClH.Zr/c1-2-5-9-7-3-6-8(9)4-1;;;;;/h1-6H,7H2;4*1H;/q;;;;;+4/p-4. The average Bonchev–Trinajstić information content (AvgIpc) is 2.47. The summed E-state index contributed by atoms with van der Waals surface area (Å²) in [7, 11) is 20.1. The van der Waals surface area contributed by atoms with Crippen molar-refractivity contribution in [2.24, 2.45) is 0 Å². The van der Waals surface area contributed by atoms with E-state index in [4.69, 9.17) is 34.1 Å². The summed E-state index contributed by atoms with van der Waals surface area (Å²) in [6.45, 7) is 0. The first-order valence-corrected chi connectivity index (χ1v) is 16.6. The molecular weight excluding hydrogens is 341 g/mol. The van der Waals surface area contributed by atoms with Crippen molar-refractivity contribution in [3.63, 3.8) is 0 Å². The molecule has 0 saturated carbocycles. The van der Waals surface area contributed by atoms with Gasteiger partial charge in [0.1, 0.15) is 0 Å². The number of hydrogen-bond acceptors (Lipinski definition) is 0. The molecule has 0 bridgehead atoms. The molecule has 1 aliphatic carbocycles. The van der Waals surface area contributed by atoms with Gasteiger partial charge in [0.15, 0.2) is 0 Å². The Balaban J connectivity index is 0.000000171. The van der Waals surface area contributed by atoms with Crippen molar-refractivity contribution in [3.05, 3.63) is 41.5 Å². The SMILES string of the molecule is C1=Cc2ccccc2C1.[Cl][Zr]([Cl])([Cl])[Cl]. The Morgan fingerprint density at radius 2 is 1.57 bits per heavy atom. The van der Waals surface area contributed by atoms with Crippen LogP contribution in [0.5, 0.6) is 0 Å². The zero-order valence-electron chi connectivity index (χ0n) is 7.18. The number of allylic oxidation sites excluding steroid dienone is 1. The maximum absolute atomic E-state index is 5.04. The maximum atomic E-state index is 5.04. The fourth-order valence-electron chi connectivity index (χ4n) is 1.20. The second kappa shape index (κ2) is 5.92. The molecule has 0 spiro atoms. The van der Waals surface area contributed by atoms with Crippen LogP contribution in [0.15, 0.2) is 30.3 Å². The molecule has 0 radical (unpaired) electrons. The molecule has 0 aliphatic heterocycles. The molecule has 2 rings (SSSR count). The van der Waals surface area contributed by atoms with Crippen molar-refractivity contribution >= 4 is 40.1 Å². The Kier molecular flexibility index (Phi) is 5.52. The Labute approximate surface area is 102 Å². The van der Waals surface area contributed by atoms with Crippen LogP contribution in [0.1, 0.15) is 11.1 Å². The minimum atomic E-state index is -3.29. The third kappa shape index (κ3) is 5.78. The number of halogens is 4. The van der Waals surface area contributed by atoms with Crippen LogP contribution >= 0.6 is 34.1 Å². The zero-order chi connectivity index (χ0) is 10.6. The van der Waals surface area contributed by atoms with E-state index in [2.05, 4.69) is 36.4 Å². The second-order valence-electron chi connectivity index (χ2n) is 2.73. The van der Waals surface area contributed by atoms with Crippen molar-refractivity contribution in [1.82, 2.24) is 0 Å². The van der Waals surface area contributed by atoms with E-state index in [1.807, 2.05) is 0 Å². The number of benzene rings is 1. The van der Waals surface area contributed by atoms with Gasteiger partial charge in [0.2, 0.25) is 0 Å². The van der Waals surface area contributed by atoms with Crippen molar-refractivity contribution in [3.8, 4) is 0 Å². The van der Waals surface area contributed by atoms with E-state index in [9.17, 15) is 0 Å². The summed E-state index contributed by atoms with van der Waals surface area (Å²) in [6.07, 6.45) is 5.50. The van der Waals surface area contributed by atoms with Gasteiger partial charge in [0.25, 0.3) is 0 Å². The number of hydrogen-bond donors (Lipinski definition) is 0. The van der Waals surface area contributed by atoms with Crippen LogP contribution < -0.4 is 0 Å². The van der Waals surface area contributed by atoms with Gasteiger partial charge in [-0.1, -0.05) is 36.4 Å². The van der Waals surface area contributed by atoms with Crippen molar-refractivity contribution < 1.29 is 15.5 Å². The predicted octanol–water partition coefficient (Wildman–Crippen LogP) is 5.01. The summed E-state index contributed by atoms with van der Waals surface area (Å²) >= 11 is -3.29. The molecule has 0 amide bonds. The summed E-state index contributed by atoms with van der Waals surface area (Å²) in [5.74, 6) is 0. The molecule has 5 heteroatoms. The summed E-state index contributed by atoms with van der Waals surface area (Å²) in [5.41, 5.74) is 2.84. The van der Waals surface area contributed by atoms with Crippen LogP contribution in [0.2, 0.25) is 0 Å². The van der Waals surface area contributed by atoms with Crippen LogP contribution in [0.25, 0.3) is 6.08 Å². The van der Waals surface area contributed by atoms with Gasteiger partial charge in [0.05, 0.1) is 0 Å². The summed E-state index contributed by atoms with van der Waals surface area (Å²) in [4.78, 5) is 0. The molecule has 0 fully saturated rings. The van der Waals surface area contributed by atoms with Gasteiger partial charge in [-0.05, 0) is 17.5 Å². The van der Waals surface area contributed by atoms with Crippen LogP contribution in [0.3, 0.4) is 0 Å². The summed E-state index contributed by atoms with van der Waals surface area (Å²) < 4.78 is 0. The summed E-state index contributed by atoms with van der Waals surface area (Å²) in [6, 6.07) is 8.49. The molecule has 0 heterocycles. The van der Waals surface area contributed by atoms with Crippen LogP contribution in [-0.4, -0.2) is 0 Å². The molecular formula is C9H8Cl4Zr. The fourth-order valence-corrected chi connectivity index (χ4v) is 1.20. The van der Waals surface area contributed by atoms with Crippen molar-refractivity contribution in [2.75, 3.05) is 0 Å². The Bertz CT molecular complexity index is 324. The van der Waals surface area contributed by atoms with Gasteiger partial charge in [-0.3, -0.25) is 0 Å². The molecule has 0 nitrogen and oxygen atoms in total. The molecule has 0 N–H and O–H groups in total. The number of fused-ring (bicyclic) bond motifs is 1. The van der Waals surface area contributed by atoms with Gasteiger partial charge in [0, 0.05) is 0 Å².